The molecule has 4 rings (SSSR count). The molecule has 0 radical (unpaired) electrons. The first-order valence-electron chi connectivity index (χ1n) is 14.4. The SMILES string of the molecule is C=C(CCC)c1cn(CC)c2c(/C=C/c3ccc(OCCCCOc4c(C)cc(C)cc4C)cc3)cc(F)cc12. The Hall–Kier alpha value is -3.79. The van der Waals surface area contributed by atoms with E-state index in [1.807, 2.05) is 36.4 Å². The molecule has 0 saturated heterocycles. The van der Waals surface area contributed by atoms with Crippen molar-refractivity contribution in [2.24, 2.45) is 0 Å². The second kappa shape index (κ2) is 13.5. The molecule has 0 aliphatic heterocycles. The van der Waals surface area contributed by atoms with E-state index in [1.54, 1.807) is 12.1 Å². The number of nitrogens with zero attached hydrogens (tertiary/aromatic N) is 1. The molecule has 0 fully saturated rings. The third-order valence-electron chi connectivity index (χ3n) is 7.23. The fourth-order valence-electron chi connectivity index (χ4n) is 5.35. The van der Waals surface area contributed by atoms with Crippen LogP contribution in [0.1, 0.15) is 72.9 Å². The van der Waals surface area contributed by atoms with Gasteiger partial charge < -0.3 is 14.0 Å². The largest absolute Gasteiger partial charge is 0.494 e. The first-order chi connectivity index (χ1) is 19.3. The minimum absolute atomic E-state index is 0.232. The summed E-state index contributed by atoms with van der Waals surface area (Å²) < 4.78 is 28.8. The zero-order chi connectivity index (χ0) is 28.6. The van der Waals surface area contributed by atoms with Gasteiger partial charge in [0.25, 0.3) is 0 Å². The Kier molecular flexibility index (Phi) is 9.87. The van der Waals surface area contributed by atoms with Gasteiger partial charge >= 0.3 is 0 Å². The van der Waals surface area contributed by atoms with Gasteiger partial charge in [0.15, 0.2) is 0 Å². The molecule has 3 nitrogen and oxygen atoms in total. The molecule has 0 bridgehead atoms. The summed E-state index contributed by atoms with van der Waals surface area (Å²) in [5, 5.41) is 0.929. The Bertz CT molecular complexity index is 1470. The summed E-state index contributed by atoms with van der Waals surface area (Å²) in [6.07, 6.45) is 9.91. The molecule has 3 aromatic carbocycles. The van der Waals surface area contributed by atoms with Crippen LogP contribution in [0.2, 0.25) is 0 Å². The second-order valence-corrected chi connectivity index (χ2v) is 10.6. The van der Waals surface area contributed by atoms with Crippen LogP contribution >= 0.6 is 0 Å². The van der Waals surface area contributed by atoms with Gasteiger partial charge in [-0.15, -0.1) is 0 Å². The van der Waals surface area contributed by atoms with Gasteiger partial charge in [0.05, 0.1) is 18.7 Å². The fraction of sp³-hybridized carbons (Fsp3) is 0.333. The summed E-state index contributed by atoms with van der Waals surface area (Å²) >= 11 is 0. The number of unbranched alkanes of at least 4 members (excludes halogenated alkanes) is 1. The highest BCUT2D eigenvalue weighted by Crippen LogP contribution is 2.33. The van der Waals surface area contributed by atoms with Crippen molar-refractivity contribution < 1.29 is 13.9 Å². The van der Waals surface area contributed by atoms with E-state index in [4.69, 9.17) is 9.47 Å². The van der Waals surface area contributed by atoms with E-state index in [-0.39, 0.29) is 5.82 Å². The quantitative estimate of drug-likeness (QED) is 0.125. The highest BCUT2D eigenvalue weighted by molar-refractivity contribution is 5.98. The summed E-state index contributed by atoms with van der Waals surface area (Å²) in [7, 11) is 0. The number of aryl methyl sites for hydroxylation is 4. The van der Waals surface area contributed by atoms with Crippen LogP contribution in [-0.2, 0) is 6.54 Å². The number of rotatable bonds is 13. The normalized spacial score (nSPS) is 11.4. The lowest BCUT2D eigenvalue weighted by Gasteiger charge is -2.13. The molecular formula is C36H42FNO2. The molecule has 40 heavy (non-hydrogen) atoms. The van der Waals surface area contributed by atoms with Crippen molar-refractivity contribution in [3.63, 3.8) is 0 Å². The molecule has 0 aliphatic rings. The van der Waals surface area contributed by atoms with Crippen LogP contribution in [0.5, 0.6) is 11.5 Å². The van der Waals surface area contributed by atoms with Gasteiger partial charge in [0, 0.05) is 29.3 Å². The Balaban J connectivity index is 1.34. The number of benzene rings is 3. The molecule has 0 aliphatic carbocycles. The molecule has 0 atom stereocenters. The first-order valence-corrected chi connectivity index (χ1v) is 14.4. The molecule has 1 heterocycles. The van der Waals surface area contributed by atoms with Crippen molar-refractivity contribution in [2.45, 2.75) is 66.8 Å². The van der Waals surface area contributed by atoms with E-state index in [0.29, 0.717) is 13.2 Å². The van der Waals surface area contributed by atoms with Crippen molar-refractivity contribution >= 4 is 28.6 Å². The number of allylic oxidation sites excluding steroid dienone is 1. The highest BCUT2D eigenvalue weighted by atomic mass is 19.1. The summed E-state index contributed by atoms with van der Waals surface area (Å²) in [6.45, 7) is 17.0. The molecule has 4 heteroatoms. The summed E-state index contributed by atoms with van der Waals surface area (Å²) in [5.74, 6) is 1.61. The van der Waals surface area contributed by atoms with Crippen LogP contribution in [0, 0.1) is 26.6 Å². The van der Waals surface area contributed by atoms with Gasteiger partial charge in [-0.25, -0.2) is 4.39 Å². The summed E-state index contributed by atoms with van der Waals surface area (Å²) in [6, 6.07) is 15.6. The van der Waals surface area contributed by atoms with Gasteiger partial charge in [-0.1, -0.05) is 61.9 Å². The Morgan fingerprint density at radius 1 is 0.900 bits per heavy atom. The average molecular weight is 540 g/mol. The van der Waals surface area contributed by atoms with Crippen LogP contribution in [0.25, 0.3) is 28.6 Å². The van der Waals surface area contributed by atoms with Gasteiger partial charge in [-0.3, -0.25) is 0 Å². The molecule has 0 N–H and O–H groups in total. The van der Waals surface area contributed by atoms with Crippen molar-refractivity contribution in [3.8, 4) is 11.5 Å². The Morgan fingerprint density at radius 3 is 2.23 bits per heavy atom. The predicted molar refractivity (Wildman–Crippen MR) is 168 cm³/mol. The van der Waals surface area contributed by atoms with E-state index in [2.05, 4.69) is 64.1 Å². The van der Waals surface area contributed by atoms with E-state index >= 15 is 0 Å². The van der Waals surface area contributed by atoms with Crippen LogP contribution < -0.4 is 9.47 Å². The van der Waals surface area contributed by atoms with Crippen LogP contribution in [0.3, 0.4) is 0 Å². The third kappa shape index (κ3) is 7.04. The van der Waals surface area contributed by atoms with E-state index in [0.717, 1.165) is 76.9 Å². The minimum Gasteiger partial charge on any atom is -0.494 e. The van der Waals surface area contributed by atoms with Gasteiger partial charge in [0.2, 0.25) is 0 Å². The molecule has 210 valence electrons. The summed E-state index contributed by atoms with van der Waals surface area (Å²) in [4.78, 5) is 0. The Labute approximate surface area is 238 Å². The van der Waals surface area contributed by atoms with Gasteiger partial charge in [-0.2, -0.15) is 0 Å². The predicted octanol–water partition coefficient (Wildman–Crippen LogP) is 9.95. The fourth-order valence-corrected chi connectivity index (χ4v) is 5.35. The van der Waals surface area contributed by atoms with Gasteiger partial charge in [-0.05, 0) is 93.5 Å². The molecule has 0 spiro atoms. The van der Waals surface area contributed by atoms with Crippen molar-refractivity contribution in [3.05, 3.63) is 101 Å². The number of halogens is 1. The lowest BCUT2D eigenvalue weighted by Crippen LogP contribution is -2.04. The lowest BCUT2D eigenvalue weighted by atomic mass is 10.0. The van der Waals surface area contributed by atoms with Crippen LogP contribution in [-0.4, -0.2) is 17.8 Å². The van der Waals surface area contributed by atoms with E-state index < -0.39 is 0 Å². The number of hydrogen-bond acceptors (Lipinski definition) is 2. The standard InChI is InChI=1S/C36H42FNO2/c1-7-11-26(4)34-24-38(8-2)35-30(22-31(37)23-33(34)35)15-12-29-13-16-32(17-14-29)39-18-9-10-19-40-36-27(5)20-25(3)21-28(36)6/h12-17,20-24H,4,7-11,18-19H2,1-3,5-6H3/b15-12+. The maximum Gasteiger partial charge on any atom is 0.125 e. The molecular weight excluding hydrogens is 497 g/mol. The lowest BCUT2D eigenvalue weighted by molar-refractivity contribution is 0.265. The van der Waals surface area contributed by atoms with Crippen LogP contribution in [0.4, 0.5) is 4.39 Å². The monoisotopic (exact) mass is 539 g/mol. The van der Waals surface area contributed by atoms with Crippen LogP contribution in [0.15, 0.2) is 61.3 Å². The summed E-state index contributed by atoms with van der Waals surface area (Å²) in [5.41, 5.74) is 8.68. The molecule has 0 amide bonds. The van der Waals surface area contributed by atoms with Crippen molar-refractivity contribution in [1.82, 2.24) is 4.57 Å². The second-order valence-electron chi connectivity index (χ2n) is 10.6. The maximum atomic E-state index is 14.7. The number of fused-ring (bicyclic) bond motifs is 1. The van der Waals surface area contributed by atoms with Gasteiger partial charge in [0.1, 0.15) is 17.3 Å². The van der Waals surface area contributed by atoms with E-state index in [1.165, 1.54) is 16.7 Å². The number of hydrogen-bond donors (Lipinski definition) is 0. The molecule has 0 unspecified atom stereocenters. The minimum atomic E-state index is -0.232. The van der Waals surface area contributed by atoms with E-state index in [9.17, 15) is 4.39 Å². The molecule has 4 aromatic rings. The highest BCUT2D eigenvalue weighted by Gasteiger charge is 2.14. The average Bonchev–Trinajstić information content (AvgIpc) is 3.30. The molecule has 1 aromatic heterocycles. The zero-order valence-electron chi connectivity index (χ0n) is 24.6. The number of aromatic nitrogens is 1. The zero-order valence-corrected chi connectivity index (χ0v) is 24.6. The van der Waals surface area contributed by atoms with Crippen molar-refractivity contribution in [2.75, 3.05) is 13.2 Å². The third-order valence-corrected chi connectivity index (χ3v) is 7.23. The molecule has 0 saturated carbocycles. The van der Waals surface area contributed by atoms with Crippen molar-refractivity contribution in [1.29, 1.82) is 0 Å². The first kappa shape index (κ1) is 29.2. The number of ether oxygens (including phenoxy) is 2. The Morgan fingerprint density at radius 2 is 1.57 bits per heavy atom. The topological polar surface area (TPSA) is 23.4 Å². The smallest absolute Gasteiger partial charge is 0.125 e. The maximum absolute atomic E-state index is 14.7.